The van der Waals surface area contributed by atoms with E-state index in [9.17, 15) is 4.79 Å². The first-order valence-corrected chi connectivity index (χ1v) is 10.7. The molecule has 0 saturated carbocycles. The number of rotatable bonds is 5. The summed E-state index contributed by atoms with van der Waals surface area (Å²) in [7, 11) is 2.14. The fourth-order valence-corrected chi connectivity index (χ4v) is 5.18. The average Bonchev–Trinajstić information content (AvgIpc) is 3.34. The van der Waals surface area contributed by atoms with Crippen molar-refractivity contribution in [2.45, 2.75) is 44.3 Å². The molecule has 1 N–H and O–H groups in total. The maximum absolute atomic E-state index is 12.7. The lowest BCUT2D eigenvalue weighted by Crippen LogP contribution is -2.43. The van der Waals surface area contributed by atoms with E-state index in [0.29, 0.717) is 12.1 Å². The fraction of sp³-hybridized carbons (Fsp3) is 0.524. The van der Waals surface area contributed by atoms with Crippen molar-refractivity contribution in [2.75, 3.05) is 26.7 Å². The van der Waals surface area contributed by atoms with Gasteiger partial charge in [-0.3, -0.25) is 14.7 Å². The number of thiophene rings is 1. The molecule has 2 fully saturated rings. The topological polar surface area (TPSA) is 48.5 Å². The standard InChI is InChI=1S/C21H28N4OS/c1-24-13-9-16(10-14-24)23-21(26)20-8-7-19(27-20)18-6-4-12-25(18)15-17-5-2-3-11-22-17/h2-3,5,7-8,11,16,18H,4,6,9-10,12-15H2,1H3,(H,23,26)/t18-/m1/s1. The predicted molar refractivity (Wildman–Crippen MR) is 109 cm³/mol. The smallest absolute Gasteiger partial charge is 0.261 e. The van der Waals surface area contributed by atoms with Crippen LogP contribution in [0, 0.1) is 0 Å². The van der Waals surface area contributed by atoms with Crippen LogP contribution in [0.15, 0.2) is 36.5 Å². The van der Waals surface area contributed by atoms with Crippen LogP contribution in [0.5, 0.6) is 0 Å². The fourth-order valence-electron chi connectivity index (χ4n) is 4.10. The maximum atomic E-state index is 12.7. The lowest BCUT2D eigenvalue weighted by molar-refractivity contribution is 0.0921. The first kappa shape index (κ1) is 18.6. The molecule has 4 rings (SSSR count). The van der Waals surface area contributed by atoms with Gasteiger partial charge in [-0.05, 0) is 76.6 Å². The monoisotopic (exact) mass is 384 g/mol. The molecule has 5 nitrogen and oxygen atoms in total. The summed E-state index contributed by atoms with van der Waals surface area (Å²) in [5, 5.41) is 3.23. The van der Waals surface area contributed by atoms with Gasteiger partial charge in [-0.1, -0.05) is 6.07 Å². The van der Waals surface area contributed by atoms with Crippen LogP contribution in [-0.4, -0.2) is 53.4 Å². The van der Waals surface area contributed by atoms with Crippen molar-refractivity contribution in [1.82, 2.24) is 20.1 Å². The summed E-state index contributed by atoms with van der Waals surface area (Å²) in [5.41, 5.74) is 1.11. The summed E-state index contributed by atoms with van der Waals surface area (Å²) in [5.74, 6) is 0.0927. The van der Waals surface area contributed by atoms with Crippen molar-refractivity contribution in [2.24, 2.45) is 0 Å². The molecule has 0 aromatic carbocycles. The summed E-state index contributed by atoms with van der Waals surface area (Å²) < 4.78 is 0. The number of hydrogen-bond donors (Lipinski definition) is 1. The van der Waals surface area contributed by atoms with Gasteiger partial charge >= 0.3 is 0 Å². The maximum Gasteiger partial charge on any atom is 0.261 e. The van der Waals surface area contributed by atoms with Gasteiger partial charge in [0.1, 0.15) is 0 Å². The number of likely N-dealkylation sites (tertiary alicyclic amines) is 2. The summed E-state index contributed by atoms with van der Waals surface area (Å²) >= 11 is 1.66. The quantitative estimate of drug-likeness (QED) is 0.859. The molecule has 0 radical (unpaired) electrons. The van der Waals surface area contributed by atoms with Crippen LogP contribution in [0.2, 0.25) is 0 Å². The zero-order valence-electron chi connectivity index (χ0n) is 15.9. The molecular formula is C21H28N4OS. The molecule has 1 atom stereocenters. The molecule has 2 aliphatic rings. The number of nitrogens with one attached hydrogen (secondary N) is 1. The highest BCUT2D eigenvalue weighted by molar-refractivity contribution is 7.14. The average molecular weight is 385 g/mol. The number of carbonyl (C=O) groups is 1. The first-order chi connectivity index (χ1) is 13.2. The van der Waals surface area contributed by atoms with E-state index in [1.807, 2.05) is 24.4 Å². The molecule has 2 aromatic rings. The number of aromatic nitrogens is 1. The van der Waals surface area contributed by atoms with E-state index < -0.39 is 0 Å². The summed E-state index contributed by atoms with van der Waals surface area (Å²) in [4.78, 5) is 24.1. The second-order valence-electron chi connectivity index (χ2n) is 7.70. The molecule has 0 aliphatic carbocycles. The summed E-state index contributed by atoms with van der Waals surface area (Å²) in [6, 6.07) is 11.0. The van der Waals surface area contributed by atoms with E-state index in [4.69, 9.17) is 0 Å². The van der Waals surface area contributed by atoms with Gasteiger partial charge < -0.3 is 10.2 Å². The van der Waals surface area contributed by atoms with Crippen LogP contribution in [0.4, 0.5) is 0 Å². The minimum absolute atomic E-state index is 0.0927. The summed E-state index contributed by atoms with van der Waals surface area (Å²) in [6.45, 7) is 4.09. The van der Waals surface area contributed by atoms with Crippen molar-refractivity contribution < 1.29 is 4.79 Å². The number of hydrogen-bond acceptors (Lipinski definition) is 5. The number of amides is 1. The minimum Gasteiger partial charge on any atom is -0.349 e. The molecule has 6 heteroatoms. The van der Waals surface area contributed by atoms with Crippen LogP contribution < -0.4 is 5.32 Å². The van der Waals surface area contributed by atoms with Crippen molar-refractivity contribution in [1.29, 1.82) is 0 Å². The van der Waals surface area contributed by atoms with Crippen molar-refractivity contribution in [3.63, 3.8) is 0 Å². The lowest BCUT2D eigenvalue weighted by atomic mass is 10.1. The molecule has 1 amide bonds. The van der Waals surface area contributed by atoms with Gasteiger partial charge in [0.05, 0.1) is 10.6 Å². The molecule has 2 aliphatic heterocycles. The Morgan fingerprint density at radius 1 is 1.19 bits per heavy atom. The molecule has 27 heavy (non-hydrogen) atoms. The number of piperidine rings is 1. The second kappa shape index (κ2) is 8.50. The van der Waals surface area contributed by atoms with E-state index in [0.717, 1.165) is 56.0 Å². The largest absolute Gasteiger partial charge is 0.349 e. The van der Waals surface area contributed by atoms with Gasteiger partial charge in [0.2, 0.25) is 0 Å². The Morgan fingerprint density at radius 3 is 2.81 bits per heavy atom. The summed E-state index contributed by atoms with van der Waals surface area (Å²) in [6.07, 6.45) is 6.30. The number of pyridine rings is 1. The SMILES string of the molecule is CN1CCC(NC(=O)c2ccc([C@H]3CCCN3Cc3ccccn3)s2)CC1. The Morgan fingerprint density at radius 2 is 2.04 bits per heavy atom. The third-order valence-electron chi connectivity index (χ3n) is 5.69. The van der Waals surface area contributed by atoms with Gasteiger partial charge in [-0.15, -0.1) is 11.3 Å². The number of carbonyl (C=O) groups excluding carboxylic acids is 1. The van der Waals surface area contributed by atoms with E-state index in [-0.39, 0.29) is 5.91 Å². The highest BCUT2D eigenvalue weighted by Crippen LogP contribution is 2.36. The zero-order valence-corrected chi connectivity index (χ0v) is 16.8. The molecule has 0 bridgehead atoms. The van der Waals surface area contributed by atoms with E-state index in [1.54, 1.807) is 11.3 Å². The van der Waals surface area contributed by atoms with Crippen LogP contribution >= 0.6 is 11.3 Å². The Labute approximate surface area is 165 Å². The van der Waals surface area contributed by atoms with Crippen LogP contribution in [-0.2, 0) is 6.54 Å². The Hall–Kier alpha value is -1.76. The molecule has 144 valence electrons. The van der Waals surface area contributed by atoms with Gasteiger partial charge in [0.15, 0.2) is 0 Å². The Bertz CT molecular complexity index is 755. The normalized spacial score (nSPS) is 22.2. The van der Waals surface area contributed by atoms with Gasteiger partial charge in [-0.25, -0.2) is 0 Å². The third kappa shape index (κ3) is 4.57. The van der Waals surface area contributed by atoms with E-state index in [2.05, 4.69) is 39.3 Å². The van der Waals surface area contributed by atoms with Crippen LogP contribution in [0.25, 0.3) is 0 Å². The molecule has 0 spiro atoms. The Kier molecular flexibility index (Phi) is 5.86. The van der Waals surface area contributed by atoms with Crippen molar-refractivity contribution in [3.05, 3.63) is 52.0 Å². The van der Waals surface area contributed by atoms with Gasteiger partial charge in [-0.2, -0.15) is 0 Å². The van der Waals surface area contributed by atoms with Crippen molar-refractivity contribution in [3.8, 4) is 0 Å². The van der Waals surface area contributed by atoms with E-state index in [1.165, 1.54) is 11.3 Å². The highest BCUT2D eigenvalue weighted by Gasteiger charge is 2.28. The molecule has 4 heterocycles. The highest BCUT2D eigenvalue weighted by atomic mass is 32.1. The van der Waals surface area contributed by atoms with E-state index >= 15 is 0 Å². The molecule has 2 aromatic heterocycles. The van der Waals surface area contributed by atoms with Crippen LogP contribution in [0.1, 0.15) is 52.0 Å². The van der Waals surface area contributed by atoms with Crippen molar-refractivity contribution >= 4 is 17.2 Å². The predicted octanol–water partition coefficient (Wildman–Crippen LogP) is 3.30. The Balaban J connectivity index is 1.38. The van der Waals surface area contributed by atoms with Gasteiger partial charge in [0.25, 0.3) is 5.91 Å². The van der Waals surface area contributed by atoms with Gasteiger partial charge in [0, 0.05) is 29.7 Å². The molecule has 2 saturated heterocycles. The number of nitrogens with zero attached hydrogens (tertiary/aromatic N) is 3. The minimum atomic E-state index is 0.0927. The molecule has 0 unspecified atom stereocenters. The second-order valence-corrected chi connectivity index (χ2v) is 8.82. The zero-order chi connectivity index (χ0) is 18.6. The third-order valence-corrected chi connectivity index (χ3v) is 6.87. The first-order valence-electron chi connectivity index (χ1n) is 9.92. The lowest BCUT2D eigenvalue weighted by Gasteiger charge is -2.29. The molecular weight excluding hydrogens is 356 g/mol. The van der Waals surface area contributed by atoms with Crippen LogP contribution in [0.3, 0.4) is 0 Å².